The molecule has 1 atom stereocenters. The van der Waals surface area contributed by atoms with Gasteiger partial charge in [-0.3, -0.25) is 9.78 Å². The SMILES string of the molecule is CCOc1cccnc1Oc1cncc(-c2ncc(C(=O)NC3CCCNC3)cn2)c1. The van der Waals surface area contributed by atoms with Gasteiger partial charge in [0.2, 0.25) is 0 Å². The summed E-state index contributed by atoms with van der Waals surface area (Å²) in [6.45, 7) is 4.18. The molecule has 31 heavy (non-hydrogen) atoms. The van der Waals surface area contributed by atoms with E-state index >= 15 is 0 Å². The van der Waals surface area contributed by atoms with Crippen molar-refractivity contribution >= 4 is 5.91 Å². The highest BCUT2D eigenvalue weighted by molar-refractivity contribution is 5.93. The molecule has 0 radical (unpaired) electrons. The molecule has 9 nitrogen and oxygen atoms in total. The van der Waals surface area contributed by atoms with Crippen LogP contribution in [-0.4, -0.2) is 51.6 Å². The molecule has 1 aliphatic rings. The van der Waals surface area contributed by atoms with Crippen LogP contribution in [-0.2, 0) is 0 Å². The third-order valence-electron chi connectivity index (χ3n) is 4.77. The first-order valence-electron chi connectivity index (χ1n) is 10.3. The number of rotatable bonds is 7. The molecule has 3 aromatic heterocycles. The number of piperidine rings is 1. The highest BCUT2D eigenvalue weighted by atomic mass is 16.5. The maximum atomic E-state index is 12.4. The minimum Gasteiger partial charge on any atom is -0.488 e. The molecule has 4 heterocycles. The molecular weight excluding hydrogens is 396 g/mol. The van der Waals surface area contributed by atoms with E-state index in [1.165, 1.54) is 12.4 Å². The predicted molar refractivity (Wildman–Crippen MR) is 114 cm³/mol. The van der Waals surface area contributed by atoms with Crippen LogP contribution in [0.5, 0.6) is 17.4 Å². The second-order valence-corrected chi connectivity index (χ2v) is 7.06. The Morgan fingerprint density at radius 1 is 1.23 bits per heavy atom. The standard InChI is InChI=1S/C22H24N6O3/c1-2-30-19-6-4-8-25-22(19)31-18-9-15(10-24-14-18)20-26-11-16(12-27-20)21(29)28-17-5-3-7-23-13-17/h4,6,8-12,14,17,23H,2-3,5,7,13H2,1H3,(H,28,29). The average molecular weight is 420 g/mol. The molecule has 4 rings (SSSR count). The van der Waals surface area contributed by atoms with Gasteiger partial charge in [0.15, 0.2) is 11.6 Å². The average Bonchev–Trinajstić information content (AvgIpc) is 2.81. The fourth-order valence-electron chi connectivity index (χ4n) is 3.26. The van der Waals surface area contributed by atoms with E-state index in [4.69, 9.17) is 9.47 Å². The smallest absolute Gasteiger partial charge is 0.262 e. The zero-order valence-corrected chi connectivity index (χ0v) is 17.2. The molecule has 0 bridgehead atoms. The van der Waals surface area contributed by atoms with Crippen LogP contribution in [0.25, 0.3) is 11.4 Å². The Morgan fingerprint density at radius 2 is 2.10 bits per heavy atom. The summed E-state index contributed by atoms with van der Waals surface area (Å²) in [6, 6.07) is 5.47. The van der Waals surface area contributed by atoms with Gasteiger partial charge < -0.3 is 20.1 Å². The monoisotopic (exact) mass is 420 g/mol. The lowest BCUT2D eigenvalue weighted by molar-refractivity contribution is 0.0930. The van der Waals surface area contributed by atoms with Crippen LogP contribution in [0.4, 0.5) is 0 Å². The van der Waals surface area contributed by atoms with E-state index in [0.29, 0.717) is 40.9 Å². The molecule has 1 aliphatic heterocycles. The van der Waals surface area contributed by atoms with Crippen molar-refractivity contribution in [2.24, 2.45) is 0 Å². The highest BCUT2D eigenvalue weighted by Crippen LogP contribution is 2.30. The first kappa shape index (κ1) is 20.7. The molecule has 1 amide bonds. The summed E-state index contributed by atoms with van der Waals surface area (Å²) in [5.41, 5.74) is 1.08. The Morgan fingerprint density at radius 3 is 2.87 bits per heavy atom. The summed E-state index contributed by atoms with van der Waals surface area (Å²) >= 11 is 0. The van der Waals surface area contributed by atoms with Gasteiger partial charge in [-0.05, 0) is 44.5 Å². The molecule has 9 heteroatoms. The predicted octanol–water partition coefficient (Wildman–Crippen LogP) is 2.61. The van der Waals surface area contributed by atoms with Gasteiger partial charge in [-0.25, -0.2) is 15.0 Å². The summed E-state index contributed by atoms with van der Waals surface area (Å²) in [5, 5.41) is 6.29. The van der Waals surface area contributed by atoms with Crippen molar-refractivity contribution in [1.82, 2.24) is 30.6 Å². The van der Waals surface area contributed by atoms with Crippen molar-refractivity contribution in [3.63, 3.8) is 0 Å². The normalized spacial score (nSPS) is 15.8. The number of ether oxygens (including phenoxy) is 2. The number of nitrogens with one attached hydrogen (secondary N) is 2. The lowest BCUT2D eigenvalue weighted by atomic mass is 10.1. The third kappa shape index (κ3) is 5.32. The van der Waals surface area contributed by atoms with Crippen molar-refractivity contribution in [3.05, 3.63) is 54.7 Å². The summed E-state index contributed by atoms with van der Waals surface area (Å²) < 4.78 is 11.4. The number of nitrogens with zero attached hydrogens (tertiary/aromatic N) is 4. The van der Waals surface area contributed by atoms with Crippen molar-refractivity contribution < 1.29 is 14.3 Å². The molecule has 160 valence electrons. The van der Waals surface area contributed by atoms with Crippen LogP contribution < -0.4 is 20.1 Å². The molecule has 0 spiro atoms. The zero-order chi connectivity index (χ0) is 21.5. The Labute approximate surface area is 180 Å². The van der Waals surface area contributed by atoms with E-state index in [2.05, 4.69) is 30.6 Å². The topological polar surface area (TPSA) is 111 Å². The zero-order valence-electron chi connectivity index (χ0n) is 17.2. The Balaban J connectivity index is 1.46. The highest BCUT2D eigenvalue weighted by Gasteiger charge is 2.17. The number of hydrogen-bond acceptors (Lipinski definition) is 8. The molecule has 1 fully saturated rings. The molecule has 1 saturated heterocycles. The molecule has 0 aliphatic carbocycles. The maximum Gasteiger partial charge on any atom is 0.262 e. The summed E-state index contributed by atoms with van der Waals surface area (Å²) in [5.74, 6) is 1.66. The molecule has 0 aromatic carbocycles. The van der Waals surface area contributed by atoms with E-state index in [1.807, 2.05) is 6.92 Å². The number of carbonyl (C=O) groups excluding carboxylic acids is 1. The minimum atomic E-state index is -0.172. The third-order valence-corrected chi connectivity index (χ3v) is 4.77. The van der Waals surface area contributed by atoms with Gasteiger partial charge in [0, 0.05) is 42.9 Å². The quantitative estimate of drug-likeness (QED) is 0.600. The van der Waals surface area contributed by atoms with Crippen molar-refractivity contribution in [3.8, 4) is 28.8 Å². The molecular formula is C22H24N6O3. The van der Waals surface area contributed by atoms with Gasteiger partial charge in [0.25, 0.3) is 11.8 Å². The fourth-order valence-corrected chi connectivity index (χ4v) is 3.26. The maximum absolute atomic E-state index is 12.4. The van der Waals surface area contributed by atoms with Crippen LogP contribution in [0.3, 0.4) is 0 Å². The van der Waals surface area contributed by atoms with Gasteiger partial charge in [-0.1, -0.05) is 0 Å². The first-order chi connectivity index (χ1) is 15.2. The Kier molecular flexibility index (Phi) is 6.63. The summed E-state index contributed by atoms with van der Waals surface area (Å²) in [4.78, 5) is 29.5. The van der Waals surface area contributed by atoms with Crippen LogP contribution in [0.15, 0.2) is 49.2 Å². The molecule has 3 aromatic rings. The van der Waals surface area contributed by atoms with Gasteiger partial charge >= 0.3 is 0 Å². The van der Waals surface area contributed by atoms with E-state index in [9.17, 15) is 4.79 Å². The second kappa shape index (κ2) is 9.94. The number of hydrogen-bond donors (Lipinski definition) is 2. The van der Waals surface area contributed by atoms with E-state index in [0.717, 1.165) is 25.9 Å². The number of amides is 1. The Hall–Kier alpha value is -3.59. The van der Waals surface area contributed by atoms with Crippen molar-refractivity contribution in [2.75, 3.05) is 19.7 Å². The van der Waals surface area contributed by atoms with Gasteiger partial charge in [0.05, 0.1) is 18.4 Å². The lowest BCUT2D eigenvalue weighted by Gasteiger charge is -2.23. The van der Waals surface area contributed by atoms with Gasteiger partial charge in [-0.2, -0.15) is 0 Å². The van der Waals surface area contributed by atoms with Gasteiger partial charge in [0.1, 0.15) is 5.75 Å². The lowest BCUT2D eigenvalue weighted by Crippen LogP contribution is -2.45. The van der Waals surface area contributed by atoms with E-state index in [-0.39, 0.29) is 11.9 Å². The van der Waals surface area contributed by atoms with Crippen LogP contribution in [0.2, 0.25) is 0 Å². The molecule has 2 N–H and O–H groups in total. The summed E-state index contributed by atoms with van der Waals surface area (Å²) in [7, 11) is 0. The minimum absolute atomic E-state index is 0.132. The van der Waals surface area contributed by atoms with Crippen molar-refractivity contribution in [2.45, 2.75) is 25.8 Å². The van der Waals surface area contributed by atoms with Crippen LogP contribution in [0, 0.1) is 0 Å². The number of aromatic nitrogens is 4. The Bertz CT molecular complexity index is 1020. The largest absolute Gasteiger partial charge is 0.488 e. The fraction of sp³-hybridized carbons (Fsp3) is 0.318. The number of carbonyl (C=O) groups is 1. The summed E-state index contributed by atoms with van der Waals surface area (Å²) in [6.07, 6.45) is 9.91. The van der Waals surface area contributed by atoms with Crippen LogP contribution >= 0.6 is 0 Å². The van der Waals surface area contributed by atoms with Gasteiger partial charge in [-0.15, -0.1) is 0 Å². The first-order valence-corrected chi connectivity index (χ1v) is 10.3. The van der Waals surface area contributed by atoms with E-state index < -0.39 is 0 Å². The molecule has 0 saturated carbocycles. The van der Waals surface area contributed by atoms with Crippen LogP contribution in [0.1, 0.15) is 30.1 Å². The van der Waals surface area contributed by atoms with Crippen molar-refractivity contribution in [1.29, 1.82) is 0 Å². The molecule has 1 unspecified atom stereocenters. The van der Waals surface area contributed by atoms with E-state index in [1.54, 1.807) is 36.8 Å². The second-order valence-electron chi connectivity index (χ2n) is 7.06. The number of pyridine rings is 2.